The maximum absolute atomic E-state index is 6.17. The summed E-state index contributed by atoms with van der Waals surface area (Å²) in [5, 5.41) is 9.28. The Kier molecular flexibility index (Phi) is 4.41. The smallest absolute Gasteiger partial charge is 0.249 e. The molecule has 3 rings (SSSR count). The first-order valence-corrected chi connectivity index (χ1v) is 7.82. The van der Waals surface area contributed by atoms with Crippen molar-refractivity contribution in [2.75, 3.05) is 19.8 Å². The van der Waals surface area contributed by atoms with E-state index in [1.165, 1.54) is 0 Å². The number of rotatable bonds is 3. The molecule has 0 amide bonds. The molecule has 1 fully saturated rings. The molecule has 1 aliphatic rings. The van der Waals surface area contributed by atoms with Crippen LogP contribution in [0.4, 0.5) is 0 Å². The average Bonchev–Trinajstić information content (AvgIpc) is 2.89. The third kappa shape index (κ3) is 3.27. The zero-order chi connectivity index (χ0) is 15.7. The van der Waals surface area contributed by atoms with Gasteiger partial charge in [-0.15, -0.1) is 10.2 Å². The summed E-state index contributed by atoms with van der Waals surface area (Å²) in [6.45, 7) is 7.12. The quantitative estimate of drug-likeness (QED) is 0.852. The zero-order valence-corrected chi connectivity index (χ0v) is 14.0. The van der Waals surface area contributed by atoms with Crippen LogP contribution in [-0.4, -0.2) is 40.4 Å². The van der Waals surface area contributed by atoms with E-state index in [2.05, 4.69) is 28.9 Å². The summed E-state index contributed by atoms with van der Waals surface area (Å²) >= 11 is 12.1. The third-order valence-corrected chi connectivity index (χ3v) is 4.32. The van der Waals surface area contributed by atoms with Crippen LogP contribution in [0.1, 0.15) is 19.7 Å². The molecule has 0 radical (unpaired) electrons. The lowest BCUT2D eigenvalue weighted by molar-refractivity contribution is -0.0583. The molecule has 0 aliphatic carbocycles. The second-order valence-electron chi connectivity index (χ2n) is 5.91. The van der Waals surface area contributed by atoms with Crippen molar-refractivity contribution >= 4 is 23.2 Å². The molecule has 7 heteroatoms. The Balaban J connectivity index is 1.79. The number of ether oxygens (including phenoxy) is 1. The SMILES string of the molecule is CC1(C)COCCN1Cc1nnc(-c2ccc(Cl)cc2Cl)o1. The van der Waals surface area contributed by atoms with E-state index in [9.17, 15) is 0 Å². The van der Waals surface area contributed by atoms with Gasteiger partial charge < -0.3 is 9.15 Å². The fraction of sp³-hybridized carbons (Fsp3) is 0.467. The van der Waals surface area contributed by atoms with Crippen LogP contribution in [0.3, 0.4) is 0 Å². The Morgan fingerprint density at radius 3 is 2.82 bits per heavy atom. The molecule has 1 aliphatic heterocycles. The minimum Gasteiger partial charge on any atom is -0.419 e. The Bertz CT molecular complexity index is 673. The zero-order valence-electron chi connectivity index (χ0n) is 12.5. The van der Waals surface area contributed by atoms with E-state index in [-0.39, 0.29) is 5.54 Å². The number of aromatic nitrogens is 2. The number of nitrogens with zero attached hydrogens (tertiary/aromatic N) is 3. The second kappa shape index (κ2) is 6.16. The molecule has 118 valence electrons. The summed E-state index contributed by atoms with van der Waals surface area (Å²) in [4.78, 5) is 2.28. The van der Waals surface area contributed by atoms with Gasteiger partial charge in [-0.1, -0.05) is 23.2 Å². The minimum absolute atomic E-state index is 0.0508. The summed E-state index contributed by atoms with van der Waals surface area (Å²) in [5.74, 6) is 0.971. The van der Waals surface area contributed by atoms with Crippen LogP contribution < -0.4 is 0 Å². The van der Waals surface area contributed by atoms with Gasteiger partial charge in [-0.05, 0) is 32.0 Å². The molecular weight excluding hydrogens is 325 g/mol. The van der Waals surface area contributed by atoms with Crippen molar-refractivity contribution in [3.05, 3.63) is 34.1 Å². The van der Waals surface area contributed by atoms with Gasteiger partial charge in [0.05, 0.1) is 30.3 Å². The molecular formula is C15H17Cl2N3O2. The Labute approximate surface area is 139 Å². The largest absolute Gasteiger partial charge is 0.419 e. The highest BCUT2D eigenvalue weighted by molar-refractivity contribution is 6.36. The maximum atomic E-state index is 6.17. The minimum atomic E-state index is -0.0508. The lowest BCUT2D eigenvalue weighted by atomic mass is 10.0. The third-order valence-electron chi connectivity index (χ3n) is 3.77. The van der Waals surface area contributed by atoms with Crippen LogP contribution in [0, 0.1) is 0 Å². The van der Waals surface area contributed by atoms with Crippen molar-refractivity contribution in [2.24, 2.45) is 0 Å². The molecule has 0 unspecified atom stereocenters. The van der Waals surface area contributed by atoms with Gasteiger partial charge in [0.15, 0.2) is 0 Å². The molecule has 2 aromatic rings. The van der Waals surface area contributed by atoms with Gasteiger partial charge in [-0.25, -0.2) is 0 Å². The fourth-order valence-corrected chi connectivity index (χ4v) is 2.93. The lowest BCUT2D eigenvalue weighted by Crippen LogP contribution is -2.52. The normalized spacial score (nSPS) is 18.5. The summed E-state index contributed by atoms with van der Waals surface area (Å²) in [6.07, 6.45) is 0. The van der Waals surface area contributed by atoms with Crippen LogP contribution in [0.2, 0.25) is 10.0 Å². The van der Waals surface area contributed by atoms with Gasteiger partial charge in [0, 0.05) is 17.1 Å². The van der Waals surface area contributed by atoms with Crippen LogP contribution >= 0.6 is 23.2 Å². The first-order valence-electron chi connectivity index (χ1n) is 7.06. The van der Waals surface area contributed by atoms with Gasteiger partial charge in [-0.2, -0.15) is 0 Å². The molecule has 5 nitrogen and oxygen atoms in total. The average molecular weight is 342 g/mol. The van der Waals surface area contributed by atoms with Crippen molar-refractivity contribution in [3.8, 4) is 11.5 Å². The van der Waals surface area contributed by atoms with E-state index in [0.717, 1.165) is 6.54 Å². The van der Waals surface area contributed by atoms with Crippen molar-refractivity contribution in [2.45, 2.75) is 25.9 Å². The summed E-state index contributed by atoms with van der Waals surface area (Å²) in [6, 6.07) is 5.19. The number of benzene rings is 1. The molecule has 1 aromatic heterocycles. The Morgan fingerprint density at radius 1 is 1.27 bits per heavy atom. The van der Waals surface area contributed by atoms with Gasteiger partial charge in [0.2, 0.25) is 11.8 Å². The second-order valence-corrected chi connectivity index (χ2v) is 6.76. The Morgan fingerprint density at radius 2 is 2.09 bits per heavy atom. The van der Waals surface area contributed by atoms with Crippen LogP contribution in [-0.2, 0) is 11.3 Å². The maximum Gasteiger partial charge on any atom is 0.249 e. The van der Waals surface area contributed by atoms with E-state index in [1.54, 1.807) is 18.2 Å². The van der Waals surface area contributed by atoms with Gasteiger partial charge >= 0.3 is 0 Å². The Hall–Kier alpha value is -1.14. The van der Waals surface area contributed by atoms with E-state index in [0.29, 0.717) is 47.1 Å². The van der Waals surface area contributed by atoms with Gasteiger partial charge in [-0.3, -0.25) is 4.90 Å². The van der Waals surface area contributed by atoms with Crippen LogP contribution in [0.5, 0.6) is 0 Å². The monoisotopic (exact) mass is 341 g/mol. The molecule has 0 spiro atoms. The molecule has 22 heavy (non-hydrogen) atoms. The predicted octanol–water partition coefficient (Wildman–Crippen LogP) is 3.65. The van der Waals surface area contributed by atoms with Crippen molar-refractivity contribution < 1.29 is 9.15 Å². The number of morpholine rings is 1. The van der Waals surface area contributed by atoms with E-state index >= 15 is 0 Å². The summed E-state index contributed by atoms with van der Waals surface area (Å²) < 4.78 is 11.3. The highest BCUT2D eigenvalue weighted by Crippen LogP contribution is 2.30. The van der Waals surface area contributed by atoms with Crippen LogP contribution in [0.25, 0.3) is 11.5 Å². The number of halogens is 2. The highest BCUT2D eigenvalue weighted by Gasteiger charge is 2.31. The van der Waals surface area contributed by atoms with Gasteiger partial charge in [0.1, 0.15) is 0 Å². The molecule has 0 atom stereocenters. The van der Waals surface area contributed by atoms with Crippen LogP contribution in [0.15, 0.2) is 22.6 Å². The highest BCUT2D eigenvalue weighted by atomic mass is 35.5. The first-order chi connectivity index (χ1) is 10.5. The molecule has 0 saturated carbocycles. The van der Waals surface area contributed by atoms with E-state index in [1.807, 2.05) is 0 Å². The van der Waals surface area contributed by atoms with Gasteiger partial charge in [0.25, 0.3) is 0 Å². The number of hydrogen-bond acceptors (Lipinski definition) is 5. The molecule has 1 saturated heterocycles. The molecule has 0 N–H and O–H groups in total. The summed E-state index contributed by atoms with van der Waals surface area (Å²) in [5.41, 5.74) is 0.635. The van der Waals surface area contributed by atoms with Crippen molar-refractivity contribution in [3.63, 3.8) is 0 Å². The molecule has 2 heterocycles. The fourth-order valence-electron chi connectivity index (χ4n) is 2.44. The number of hydrogen-bond donors (Lipinski definition) is 0. The standard InChI is InChI=1S/C15H17Cl2N3O2/c1-15(2)9-21-6-5-20(15)8-13-18-19-14(22-13)11-4-3-10(16)7-12(11)17/h3-4,7H,5-6,8-9H2,1-2H3. The first kappa shape index (κ1) is 15.7. The molecule has 0 bridgehead atoms. The molecule has 1 aromatic carbocycles. The predicted molar refractivity (Wildman–Crippen MR) is 85.1 cm³/mol. The van der Waals surface area contributed by atoms with E-state index < -0.39 is 0 Å². The van der Waals surface area contributed by atoms with Crippen molar-refractivity contribution in [1.82, 2.24) is 15.1 Å². The lowest BCUT2D eigenvalue weighted by Gasteiger charge is -2.41. The van der Waals surface area contributed by atoms with E-state index in [4.69, 9.17) is 32.4 Å². The van der Waals surface area contributed by atoms with Crippen molar-refractivity contribution in [1.29, 1.82) is 0 Å². The summed E-state index contributed by atoms with van der Waals surface area (Å²) in [7, 11) is 0. The topological polar surface area (TPSA) is 51.4 Å².